The van der Waals surface area contributed by atoms with Crippen LogP contribution in [0.2, 0.25) is 0 Å². The van der Waals surface area contributed by atoms with Crippen LogP contribution in [0.15, 0.2) is 23.1 Å². The Morgan fingerprint density at radius 2 is 2.12 bits per heavy atom. The fourth-order valence-corrected chi connectivity index (χ4v) is 3.66. The Labute approximate surface area is 142 Å². The van der Waals surface area contributed by atoms with E-state index in [0.717, 1.165) is 23.7 Å². The Morgan fingerprint density at radius 3 is 2.71 bits per heavy atom. The van der Waals surface area contributed by atoms with Crippen LogP contribution >= 0.6 is 11.3 Å². The van der Waals surface area contributed by atoms with E-state index in [1.165, 1.54) is 12.1 Å². The third-order valence-electron chi connectivity index (χ3n) is 3.01. The number of sulfone groups is 1. The van der Waals surface area contributed by atoms with Gasteiger partial charge in [0.25, 0.3) is 0 Å². The molecule has 0 radical (unpaired) electrons. The zero-order valence-electron chi connectivity index (χ0n) is 13.0. The molecule has 2 amide bonds. The van der Waals surface area contributed by atoms with Crippen molar-refractivity contribution in [2.45, 2.75) is 11.8 Å². The third kappa shape index (κ3) is 4.28. The van der Waals surface area contributed by atoms with Crippen LogP contribution in [0.4, 0.5) is 14.3 Å². The molecular formula is C14H16FN3O4S2. The van der Waals surface area contributed by atoms with Crippen LogP contribution in [-0.4, -0.2) is 43.9 Å². The van der Waals surface area contributed by atoms with Gasteiger partial charge in [-0.05, 0) is 24.6 Å². The summed E-state index contributed by atoms with van der Waals surface area (Å²) in [6.45, 7) is 1.63. The van der Waals surface area contributed by atoms with Gasteiger partial charge in [-0.15, -0.1) is 0 Å². The fraction of sp³-hybridized carbons (Fsp3) is 0.286. The molecule has 0 aliphatic carbocycles. The summed E-state index contributed by atoms with van der Waals surface area (Å²) in [4.78, 5) is 16.0. The molecule has 10 heteroatoms. The lowest BCUT2D eigenvalue weighted by Crippen LogP contribution is -2.30. The molecule has 0 aliphatic rings. The van der Waals surface area contributed by atoms with Crippen molar-refractivity contribution in [2.24, 2.45) is 0 Å². The van der Waals surface area contributed by atoms with Gasteiger partial charge in [0.1, 0.15) is 10.7 Å². The number of nitrogens with zero attached hydrogens (tertiary/aromatic N) is 1. The third-order valence-corrected chi connectivity index (χ3v) is 5.26. The van der Waals surface area contributed by atoms with Crippen LogP contribution in [0, 0.1) is 12.7 Å². The highest BCUT2D eigenvalue weighted by Gasteiger charge is 2.17. The number of hydrogen-bond donors (Lipinski definition) is 3. The van der Waals surface area contributed by atoms with Crippen molar-refractivity contribution in [1.29, 1.82) is 0 Å². The number of hydrogen-bond acceptors (Lipinski definition) is 6. The molecule has 1 heterocycles. The molecule has 0 bridgehead atoms. The minimum Gasteiger partial charge on any atom is -0.395 e. The van der Waals surface area contributed by atoms with E-state index in [9.17, 15) is 17.6 Å². The van der Waals surface area contributed by atoms with Crippen molar-refractivity contribution in [1.82, 2.24) is 10.3 Å². The van der Waals surface area contributed by atoms with Crippen molar-refractivity contribution < 1.29 is 22.7 Å². The summed E-state index contributed by atoms with van der Waals surface area (Å²) in [7, 11) is -3.64. The number of benzene rings is 1. The number of rotatable bonds is 5. The average molecular weight is 373 g/mol. The monoisotopic (exact) mass is 373 g/mol. The predicted octanol–water partition coefficient (Wildman–Crippen LogP) is 1.77. The maximum atomic E-state index is 14.0. The van der Waals surface area contributed by atoms with Gasteiger partial charge in [0.15, 0.2) is 15.0 Å². The molecule has 0 spiro atoms. The van der Waals surface area contributed by atoms with Crippen LogP contribution in [0.3, 0.4) is 0 Å². The first-order valence-corrected chi connectivity index (χ1v) is 9.56. The molecule has 0 unspecified atom stereocenters. The molecule has 1 aromatic heterocycles. The summed E-state index contributed by atoms with van der Waals surface area (Å²) in [5.41, 5.74) is 1.04. The van der Waals surface area contributed by atoms with E-state index in [1.807, 2.05) is 0 Å². The number of aliphatic hydroxyl groups is 1. The van der Waals surface area contributed by atoms with Crippen LogP contribution in [0.5, 0.6) is 0 Å². The van der Waals surface area contributed by atoms with Gasteiger partial charge in [-0.2, -0.15) is 0 Å². The molecule has 3 N–H and O–H groups in total. The lowest BCUT2D eigenvalue weighted by Gasteiger charge is -2.04. The Hall–Kier alpha value is -2.04. The van der Waals surface area contributed by atoms with Crippen molar-refractivity contribution in [3.05, 3.63) is 29.7 Å². The highest BCUT2D eigenvalue weighted by Crippen LogP contribution is 2.34. The highest BCUT2D eigenvalue weighted by atomic mass is 32.2. The van der Waals surface area contributed by atoms with E-state index in [2.05, 4.69) is 15.6 Å². The van der Waals surface area contributed by atoms with Gasteiger partial charge < -0.3 is 10.4 Å². The molecule has 7 nitrogen and oxygen atoms in total. The normalized spacial score (nSPS) is 11.3. The summed E-state index contributed by atoms with van der Waals surface area (Å²) in [5.74, 6) is -0.835. The molecule has 0 saturated heterocycles. The molecule has 0 aliphatic heterocycles. The summed E-state index contributed by atoms with van der Waals surface area (Å²) in [6, 6.07) is 3.32. The number of carbonyl (C=O) groups is 1. The lowest BCUT2D eigenvalue weighted by molar-refractivity contribution is 0.245. The highest BCUT2D eigenvalue weighted by molar-refractivity contribution is 7.90. The summed E-state index contributed by atoms with van der Waals surface area (Å²) in [5, 5.41) is 13.9. The number of aryl methyl sites for hydroxylation is 1. The molecule has 0 fully saturated rings. The number of thiazole rings is 1. The number of anilines is 1. The van der Waals surface area contributed by atoms with Gasteiger partial charge in [-0.3, -0.25) is 5.32 Å². The van der Waals surface area contributed by atoms with Gasteiger partial charge in [0, 0.05) is 12.8 Å². The number of aromatic nitrogens is 1. The topological polar surface area (TPSA) is 108 Å². The quantitative estimate of drug-likeness (QED) is 0.740. The van der Waals surface area contributed by atoms with Crippen molar-refractivity contribution in [3.8, 4) is 10.4 Å². The van der Waals surface area contributed by atoms with Gasteiger partial charge >= 0.3 is 6.03 Å². The van der Waals surface area contributed by atoms with Crippen LogP contribution in [0.1, 0.15) is 5.69 Å². The number of aliphatic hydroxyl groups excluding tert-OH is 1. The molecule has 2 rings (SSSR count). The minimum absolute atomic E-state index is 0.112. The predicted molar refractivity (Wildman–Crippen MR) is 89.5 cm³/mol. The number of amides is 2. The maximum absolute atomic E-state index is 14.0. The first-order chi connectivity index (χ1) is 11.2. The zero-order valence-corrected chi connectivity index (χ0v) is 14.6. The zero-order chi connectivity index (χ0) is 17.9. The number of carbonyl (C=O) groups excluding carboxylic acids is 1. The van der Waals surface area contributed by atoms with Gasteiger partial charge in [-0.25, -0.2) is 22.6 Å². The van der Waals surface area contributed by atoms with Crippen LogP contribution < -0.4 is 10.6 Å². The second-order valence-electron chi connectivity index (χ2n) is 4.96. The first-order valence-electron chi connectivity index (χ1n) is 6.85. The van der Waals surface area contributed by atoms with Crippen molar-refractivity contribution in [2.75, 3.05) is 24.7 Å². The Balaban J connectivity index is 2.27. The second-order valence-corrected chi connectivity index (χ2v) is 7.94. The lowest BCUT2D eigenvalue weighted by atomic mass is 10.1. The molecule has 2 aromatic rings. The molecule has 1 aromatic carbocycles. The Morgan fingerprint density at radius 1 is 1.42 bits per heavy atom. The van der Waals surface area contributed by atoms with Gasteiger partial charge in [-0.1, -0.05) is 17.4 Å². The van der Waals surface area contributed by atoms with Gasteiger partial charge in [0.2, 0.25) is 0 Å². The van der Waals surface area contributed by atoms with Gasteiger partial charge in [0.05, 0.1) is 17.2 Å². The van der Waals surface area contributed by atoms with Crippen LogP contribution in [0.25, 0.3) is 10.4 Å². The minimum atomic E-state index is -3.64. The molecule has 0 atom stereocenters. The Kier molecular flexibility index (Phi) is 5.52. The van der Waals surface area contributed by atoms with E-state index in [1.54, 1.807) is 6.92 Å². The van der Waals surface area contributed by atoms with Crippen molar-refractivity contribution in [3.63, 3.8) is 0 Å². The van der Waals surface area contributed by atoms with Crippen LogP contribution in [-0.2, 0) is 9.84 Å². The van der Waals surface area contributed by atoms with E-state index < -0.39 is 21.7 Å². The summed E-state index contributed by atoms with van der Waals surface area (Å²) in [6.07, 6.45) is 0.941. The molecule has 0 saturated carbocycles. The SMILES string of the molecule is Cc1nc(NC(=O)NCCO)sc1-c1ccc(S(C)(=O)=O)c(F)c1. The largest absolute Gasteiger partial charge is 0.395 e. The van der Waals surface area contributed by atoms with E-state index in [0.29, 0.717) is 21.3 Å². The molecule has 24 heavy (non-hydrogen) atoms. The number of nitrogens with one attached hydrogen (secondary N) is 2. The summed E-state index contributed by atoms with van der Waals surface area (Å²) < 4.78 is 36.9. The average Bonchev–Trinajstić information content (AvgIpc) is 2.84. The van der Waals surface area contributed by atoms with Crippen molar-refractivity contribution >= 4 is 32.3 Å². The first kappa shape index (κ1) is 18.3. The molecule has 130 valence electrons. The number of halogens is 1. The molecular weight excluding hydrogens is 357 g/mol. The smallest absolute Gasteiger partial charge is 0.321 e. The fourth-order valence-electron chi connectivity index (χ4n) is 1.97. The Bertz CT molecular complexity index is 865. The second kappa shape index (κ2) is 7.24. The van der Waals surface area contributed by atoms with E-state index >= 15 is 0 Å². The maximum Gasteiger partial charge on any atom is 0.321 e. The standard InChI is InChI=1S/C14H16FN3O4S2/c1-8-12(23-14(17-8)18-13(20)16-5-6-19)9-3-4-11(10(15)7-9)24(2,21)22/h3-4,7,19H,5-6H2,1-2H3,(H2,16,17,18,20). The number of urea groups is 1. The van der Waals surface area contributed by atoms with E-state index in [-0.39, 0.29) is 18.0 Å². The van der Waals surface area contributed by atoms with E-state index in [4.69, 9.17) is 5.11 Å². The summed E-state index contributed by atoms with van der Waals surface area (Å²) >= 11 is 1.13.